The molecule has 1 N–H and O–H groups in total. The zero-order valence-electron chi connectivity index (χ0n) is 11.9. The Morgan fingerprint density at radius 2 is 1.81 bits per heavy atom. The van der Waals surface area contributed by atoms with E-state index in [9.17, 15) is 8.78 Å². The molecule has 0 saturated heterocycles. The molecule has 1 atom stereocenters. The molecule has 0 aliphatic rings. The van der Waals surface area contributed by atoms with Gasteiger partial charge in [-0.15, -0.1) is 0 Å². The molecule has 0 radical (unpaired) electrons. The first-order valence-electron chi connectivity index (χ1n) is 7.03. The lowest BCUT2D eigenvalue weighted by Gasteiger charge is -2.20. The van der Waals surface area contributed by atoms with Crippen LogP contribution in [0.5, 0.6) is 0 Å². The van der Waals surface area contributed by atoms with Crippen LogP contribution in [0.2, 0.25) is 0 Å². The van der Waals surface area contributed by atoms with Gasteiger partial charge in [-0.2, -0.15) is 0 Å². The maximum atomic E-state index is 14.0. The van der Waals surface area contributed by atoms with Crippen molar-refractivity contribution in [1.82, 2.24) is 5.32 Å². The van der Waals surface area contributed by atoms with Crippen molar-refractivity contribution in [3.05, 3.63) is 68.8 Å². The van der Waals surface area contributed by atoms with E-state index < -0.39 is 5.82 Å². The SMILES string of the molecule is CCCNC(Cc1ccc(I)cc1)c1cc(F)ccc1F. The third-order valence-electron chi connectivity index (χ3n) is 3.33. The second-order valence-corrected chi connectivity index (χ2v) is 6.25. The first kappa shape index (κ1) is 16.4. The molecule has 2 aromatic rings. The molecule has 1 nitrogen and oxygen atoms in total. The van der Waals surface area contributed by atoms with Crippen LogP contribution in [0.1, 0.15) is 30.5 Å². The van der Waals surface area contributed by atoms with Gasteiger partial charge in [-0.05, 0) is 77.9 Å². The molecule has 0 amide bonds. The summed E-state index contributed by atoms with van der Waals surface area (Å²) in [5, 5.41) is 3.31. The Morgan fingerprint density at radius 3 is 2.48 bits per heavy atom. The predicted octanol–water partition coefficient (Wildman–Crippen LogP) is 4.85. The summed E-state index contributed by atoms with van der Waals surface area (Å²) in [5.74, 6) is -0.771. The molecule has 0 aliphatic heterocycles. The fraction of sp³-hybridized carbons (Fsp3) is 0.294. The Labute approximate surface area is 137 Å². The first-order valence-corrected chi connectivity index (χ1v) is 8.10. The average Bonchev–Trinajstić information content (AvgIpc) is 2.48. The Morgan fingerprint density at radius 1 is 1.10 bits per heavy atom. The standard InChI is InChI=1S/C17H18F2IN/c1-2-9-21-17(10-12-3-6-14(20)7-4-12)15-11-13(18)5-8-16(15)19/h3-8,11,17,21H,2,9-10H2,1H3. The maximum absolute atomic E-state index is 14.0. The zero-order valence-corrected chi connectivity index (χ0v) is 14.0. The van der Waals surface area contributed by atoms with E-state index in [4.69, 9.17) is 0 Å². The van der Waals surface area contributed by atoms with Gasteiger partial charge in [-0.25, -0.2) is 8.78 Å². The van der Waals surface area contributed by atoms with E-state index in [1.807, 2.05) is 24.3 Å². The number of halogens is 3. The molecule has 0 fully saturated rings. The third-order valence-corrected chi connectivity index (χ3v) is 4.05. The minimum absolute atomic E-state index is 0.222. The van der Waals surface area contributed by atoms with Gasteiger partial charge in [0.15, 0.2) is 0 Å². The first-order chi connectivity index (χ1) is 10.1. The second-order valence-electron chi connectivity index (χ2n) is 5.00. The van der Waals surface area contributed by atoms with Gasteiger partial charge in [0.25, 0.3) is 0 Å². The van der Waals surface area contributed by atoms with E-state index in [1.54, 1.807) is 0 Å². The van der Waals surface area contributed by atoms with Gasteiger partial charge < -0.3 is 5.32 Å². The minimum atomic E-state index is -0.405. The van der Waals surface area contributed by atoms with Crippen LogP contribution in [-0.2, 0) is 6.42 Å². The van der Waals surface area contributed by atoms with Crippen molar-refractivity contribution in [2.75, 3.05) is 6.54 Å². The number of benzene rings is 2. The van der Waals surface area contributed by atoms with Crippen LogP contribution < -0.4 is 5.32 Å². The molecule has 0 saturated carbocycles. The van der Waals surface area contributed by atoms with Crippen molar-refractivity contribution >= 4 is 22.6 Å². The summed E-state index contributed by atoms with van der Waals surface area (Å²) in [6.07, 6.45) is 1.58. The summed E-state index contributed by atoms with van der Waals surface area (Å²) < 4.78 is 28.6. The quantitative estimate of drug-likeness (QED) is 0.683. The molecular formula is C17H18F2IN. The van der Waals surface area contributed by atoms with Crippen molar-refractivity contribution in [1.29, 1.82) is 0 Å². The fourth-order valence-corrected chi connectivity index (χ4v) is 2.61. The van der Waals surface area contributed by atoms with Gasteiger partial charge in [0.2, 0.25) is 0 Å². The van der Waals surface area contributed by atoms with Crippen LogP contribution in [0.25, 0.3) is 0 Å². The highest BCUT2D eigenvalue weighted by molar-refractivity contribution is 14.1. The van der Waals surface area contributed by atoms with Crippen LogP contribution in [0, 0.1) is 15.2 Å². The van der Waals surface area contributed by atoms with Crippen molar-refractivity contribution in [3.8, 4) is 0 Å². The lowest BCUT2D eigenvalue weighted by atomic mass is 9.98. The molecule has 0 aliphatic carbocycles. The number of nitrogens with one attached hydrogen (secondary N) is 1. The Bertz CT molecular complexity index is 584. The van der Waals surface area contributed by atoms with Crippen LogP contribution in [0.3, 0.4) is 0 Å². The summed E-state index contributed by atoms with van der Waals surface area (Å²) in [7, 11) is 0. The van der Waals surface area contributed by atoms with Gasteiger partial charge >= 0.3 is 0 Å². The van der Waals surface area contributed by atoms with E-state index in [2.05, 4.69) is 34.8 Å². The van der Waals surface area contributed by atoms with Crippen molar-refractivity contribution < 1.29 is 8.78 Å². The normalized spacial score (nSPS) is 12.4. The van der Waals surface area contributed by atoms with Crippen LogP contribution in [0.15, 0.2) is 42.5 Å². The Balaban J connectivity index is 2.25. The fourth-order valence-electron chi connectivity index (χ4n) is 2.25. The molecule has 0 spiro atoms. The summed E-state index contributed by atoms with van der Waals surface area (Å²) in [6, 6.07) is 11.5. The topological polar surface area (TPSA) is 12.0 Å². The number of rotatable bonds is 6. The Hall–Kier alpha value is -1.01. The van der Waals surface area contributed by atoms with Gasteiger partial charge in [-0.3, -0.25) is 0 Å². The lowest BCUT2D eigenvalue weighted by molar-refractivity contribution is 0.490. The monoisotopic (exact) mass is 401 g/mol. The van der Waals surface area contributed by atoms with Crippen molar-refractivity contribution in [2.45, 2.75) is 25.8 Å². The highest BCUT2D eigenvalue weighted by atomic mass is 127. The minimum Gasteiger partial charge on any atom is -0.310 e. The van der Waals surface area contributed by atoms with E-state index in [-0.39, 0.29) is 11.9 Å². The van der Waals surface area contributed by atoms with E-state index in [0.29, 0.717) is 12.0 Å². The lowest BCUT2D eigenvalue weighted by Crippen LogP contribution is -2.25. The highest BCUT2D eigenvalue weighted by Crippen LogP contribution is 2.23. The molecular weight excluding hydrogens is 383 g/mol. The maximum Gasteiger partial charge on any atom is 0.128 e. The second kappa shape index (κ2) is 7.84. The summed E-state index contributed by atoms with van der Waals surface area (Å²) >= 11 is 2.25. The van der Waals surface area contributed by atoms with Crippen LogP contribution in [0.4, 0.5) is 8.78 Å². The molecule has 2 rings (SSSR count). The van der Waals surface area contributed by atoms with Crippen LogP contribution >= 0.6 is 22.6 Å². The van der Waals surface area contributed by atoms with Gasteiger partial charge in [-0.1, -0.05) is 19.1 Å². The summed E-state index contributed by atoms with van der Waals surface area (Å²) in [6.45, 7) is 2.82. The molecule has 112 valence electrons. The van der Waals surface area contributed by atoms with E-state index in [1.165, 1.54) is 12.1 Å². The molecule has 1 unspecified atom stereocenters. The number of hydrogen-bond donors (Lipinski definition) is 1. The third kappa shape index (κ3) is 4.74. The van der Waals surface area contributed by atoms with E-state index >= 15 is 0 Å². The van der Waals surface area contributed by atoms with E-state index in [0.717, 1.165) is 28.2 Å². The molecule has 0 bridgehead atoms. The van der Waals surface area contributed by atoms with Gasteiger partial charge in [0, 0.05) is 15.2 Å². The molecule has 0 aromatic heterocycles. The van der Waals surface area contributed by atoms with Gasteiger partial charge in [0.1, 0.15) is 11.6 Å². The largest absolute Gasteiger partial charge is 0.310 e. The molecule has 0 heterocycles. The van der Waals surface area contributed by atoms with Crippen LogP contribution in [-0.4, -0.2) is 6.54 Å². The average molecular weight is 401 g/mol. The summed E-state index contributed by atoms with van der Waals surface area (Å²) in [4.78, 5) is 0. The van der Waals surface area contributed by atoms with Crippen molar-refractivity contribution in [3.63, 3.8) is 0 Å². The molecule has 21 heavy (non-hydrogen) atoms. The molecule has 2 aromatic carbocycles. The smallest absolute Gasteiger partial charge is 0.128 e. The number of hydrogen-bond acceptors (Lipinski definition) is 1. The van der Waals surface area contributed by atoms with Gasteiger partial charge in [0.05, 0.1) is 0 Å². The predicted molar refractivity (Wildman–Crippen MR) is 90.3 cm³/mol. The summed E-state index contributed by atoms with van der Waals surface area (Å²) in [5.41, 5.74) is 1.50. The van der Waals surface area contributed by atoms with Crippen molar-refractivity contribution in [2.24, 2.45) is 0 Å². The zero-order chi connectivity index (χ0) is 15.2. The highest BCUT2D eigenvalue weighted by Gasteiger charge is 2.16. The Kier molecular flexibility index (Phi) is 6.11. The molecule has 4 heteroatoms.